The van der Waals surface area contributed by atoms with Crippen molar-refractivity contribution in [1.82, 2.24) is 20.5 Å². The van der Waals surface area contributed by atoms with Crippen LogP contribution in [-0.2, 0) is 30.4 Å². The number of nitrogens with zero attached hydrogens (tertiary/aromatic N) is 2. The van der Waals surface area contributed by atoms with Crippen molar-refractivity contribution >= 4 is 45.7 Å². The molecule has 1 aromatic rings. The number of likely N-dealkylation sites (tertiary alicyclic amines) is 1. The Labute approximate surface area is 237 Å². The van der Waals surface area contributed by atoms with Gasteiger partial charge in [0.15, 0.2) is 0 Å². The van der Waals surface area contributed by atoms with Crippen LogP contribution in [0.1, 0.15) is 53.0 Å². The van der Waals surface area contributed by atoms with Crippen LogP contribution in [0.4, 0.5) is 15.4 Å². The molecule has 13 heteroatoms. The quantitative estimate of drug-likeness (QED) is 0.360. The van der Waals surface area contributed by atoms with Crippen molar-refractivity contribution in [3.63, 3.8) is 0 Å². The molecule has 39 heavy (non-hydrogen) atoms. The third kappa shape index (κ3) is 7.38. The number of pyridine rings is 1. The Morgan fingerprint density at radius 1 is 1.18 bits per heavy atom. The van der Waals surface area contributed by atoms with Crippen molar-refractivity contribution in [2.45, 2.75) is 77.8 Å². The van der Waals surface area contributed by atoms with E-state index in [4.69, 9.17) is 9.47 Å². The average Bonchev–Trinajstić information content (AvgIpc) is 3.44. The van der Waals surface area contributed by atoms with Crippen LogP contribution in [-0.4, -0.2) is 78.4 Å². The molecule has 2 aliphatic rings. The van der Waals surface area contributed by atoms with Gasteiger partial charge in [0.1, 0.15) is 28.1 Å². The van der Waals surface area contributed by atoms with Gasteiger partial charge in [-0.2, -0.15) is 0 Å². The molecular weight excluding hydrogens is 574 g/mol. The molecular formula is C26H38BrN5O7. The number of methoxy groups -OCH3 is 2. The van der Waals surface area contributed by atoms with Gasteiger partial charge in [-0.25, -0.2) is 14.6 Å². The molecule has 4 amide bonds. The highest BCUT2D eigenvalue weighted by Gasteiger charge is 2.68. The summed E-state index contributed by atoms with van der Waals surface area (Å²) in [7, 11) is 2.78. The van der Waals surface area contributed by atoms with E-state index in [-0.39, 0.29) is 31.0 Å². The summed E-state index contributed by atoms with van der Waals surface area (Å²) in [6.45, 7) is 9.39. The van der Waals surface area contributed by atoms with Crippen LogP contribution in [0.25, 0.3) is 0 Å². The van der Waals surface area contributed by atoms with Crippen LogP contribution in [0.2, 0.25) is 0 Å². The van der Waals surface area contributed by atoms with Crippen LogP contribution in [0.5, 0.6) is 0 Å². The van der Waals surface area contributed by atoms with Gasteiger partial charge < -0.3 is 30.2 Å². The van der Waals surface area contributed by atoms with E-state index >= 15 is 0 Å². The van der Waals surface area contributed by atoms with Gasteiger partial charge in [-0.15, -0.1) is 0 Å². The van der Waals surface area contributed by atoms with Gasteiger partial charge in [0.25, 0.3) is 0 Å². The minimum absolute atomic E-state index is 0.184. The van der Waals surface area contributed by atoms with Crippen molar-refractivity contribution in [1.29, 1.82) is 0 Å². The summed E-state index contributed by atoms with van der Waals surface area (Å²) in [4.78, 5) is 57.3. The number of halogens is 1. The monoisotopic (exact) mass is 611 g/mol. The minimum atomic E-state index is -0.833. The summed E-state index contributed by atoms with van der Waals surface area (Å²) in [5.41, 5.74) is -0.573. The molecule has 1 aromatic heterocycles. The second kappa shape index (κ2) is 12.1. The zero-order valence-corrected chi connectivity index (χ0v) is 25.0. The van der Waals surface area contributed by atoms with E-state index in [1.807, 2.05) is 13.8 Å². The van der Waals surface area contributed by atoms with Crippen molar-refractivity contribution in [2.75, 3.05) is 26.1 Å². The largest absolute Gasteiger partial charge is 0.453 e. The summed E-state index contributed by atoms with van der Waals surface area (Å²) < 4.78 is 16.0. The number of fused-ring (bicyclic) bond motifs is 1. The maximum atomic E-state index is 13.6. The normalized spacial score (nSPS) is 22.5. The highest BCUT2D eigenvalue weighted by atomic mass is 79.9. The fraction of sp³-hybridized carbons (Fsp3) is 0.654. The lowest BCUT2D eigenvalue weighted by atomic mass is 9.98. The molecule has 0 spiro atoms. The molecule has 0 radical (unpaired) electrons. The Morgan fingerprint density at radius 2 is 1.87 bits per heavy atom. The molecule has 2 heterocycles. The number of carbonyl (C=O) groups is 4. The number of anilines is 1. The number of aromatic nitrogens is 1. The van der Waals surface area contributed by atoms with Crippen LogP contribution >= 0.6 is 15.9 Å². The summed E-state index contributed by atoms with van der Waals surface area (Å²) in [6, 6.07) is 1.62. The van der Waals surface area contributed by atoms with E-state index in [1.165, 1.54) is 12.0 Å². The minimum Gasteiger partial charge on any atom is -0.453 e. The number of hydrogen-bond acceptors (Lipinski definition) is 8. The van der Waals surface area contributed by atoms with E-state index in [0.717, 1.165) is 0 Å². The van der Waals surface area contributed by atoms with Gasteiger partial charge in [-0.1, -0.05) is 19.9 Å². The zero-order chi connectivity index (χ0) is 29.1. The fourth-order valence-electron chi connectivity index (χ4n) is 4.83. The number of piperidine rings is 1. The Balaban J connectivity index is 1.80. The smallest absolute Gasteiger partial charge is 0.411 e. The van der Waals surface area contributed by atoms with Crippen molar-refractivity contribution in [3.05, 3.63) is 22.3 Å². The van der Waals surface area contributed by atoms with Crippen LogP contribution in [0.3, 0.4) is 0 Å². The molecule has 1 unspecified atom stereocenters. The van der Waals surface area contributed by atoms with Gasteiger partial charge in [0.2, 0.25) is 11.8 Å². The predicted molar refractivity (Wildman–Crippen MR) is 146 cm³/mol. The Bertz CT molecular complexity index is 1110. The molecule has 12 nitrogen and oxygen atoms in total. The molecule has 1 aliphatic carbocycles. The third-order valence-electron chi connectivity index (χ3n) is 6.83. The highest BCUT2D eigenvalue weighted by molar-refractivity contribution is 9.10. The van der Waals surface area contributed by atoms with Crippen LogP contribution in [0, 0.1) is 11.3 Å². The Hall–Kier alpha value is -2.93. The maximum Gasteiger partial charge on any atom is 0.411 e. The number of hydrogen-bond donors (Lipinski definition) is 3. The molecule has 216 valence electrons. The lowest BCUT2D eigenvalue weighted by Crippen LogP contribution is -2.50. The van der Waals surface area contributed by atoms with E-state index in [2.05, 4.69) is 41.6 Å². The Morgan fingerprint density at radius 3 is 2.46 bits per heavy atom. The van der Waals surface area contributed by atoms with E-state index < -0.39 is 41.2 Å². The zero-order valence-electron chi connectivity index (χ0n) is 23.4. The van der Waals surface area contributed by atoms with Crippen LogP contribution in [0.15, 0.2) is 16.7 Å². The topological polar surface area (TPSA) is 148 Å². The lowest BCUT2D eigenvalue weighted by Gasteiger charge is -2.29. The van der Waals surface area contributed by atoms with Crippen LogP contribution < -0.4 is 16.0 Å². The van der Waals surface area contributed by atoms with Crippen molar-refractivity contribution in [2.24, 2.45) is 11.3 Å². The summed E-state index contributed by atoms with van der Waals surface area (Å²) in [5, 5.41) is 8.32. The molecule has 1 saturated heterocycles. The fourth-order valence-corrected chi connectivity index (χ4v) is 5.14. The van der Waals surface area contributed by atoms with Crippen molar-refractivity contribution in [3.8, 4) is 0 Å². The summed E-state index contributed by atoms with van der Waals surface area (Å²) in [5.74, 6) is -0.628. The molecule has 4 atom stereocenters. The summed E-state index contributed by atoms with van der Waals surface area (Å²) >= 11 is 3.33. The van der Waals surface area contributed by atoms with Gasteiger partial charge in [0, 0.05) is 30.7 Å². The molecule has 0 bridgehead atoms. The number of ether oxygens (including phenoxy) is 3. The molecule has 2 fully saturated rings. The summed E-state index contributed by atoms with van der Waals surface area (Å²) in [6.07, 6.45) is -0.357. The maximum absolute atomic E-state index is 13.6. The predicted octanol–water partition coefficient (Wildman–Crippen LogP) is 3.19. The number of carbonyl (C=O) groups excluding carboxylic acids is 4. The number of amides is 4. The SMILES string of the molecule is COCc1ccc(Br)nc1NC(=O)[C@@H]1C[C@@]2(CNC(=O)C(NC(=O)OC)C(C)C)C[C@H]2N1C(=O)OC(C)(C)C. The first-order valence-electron chi connectivity index (χ1n) is 12.8. The molecule has 0 aromatic carbocycles. The first-order valence-corrected chi connectivity index (χ1v) is 13.6. The van der Waals surface area contributed by atoms with E-state index in [1.54, 1.807) is 40.0 Å². The first kappa shape index (κ1) is 30.6. The van der Waals surface area contributed by atoms with Gasteiger partial charge in [0.05, 0.1) is 13.7 Å². The average molecular weight is 613 g/mol. The standard InChI is InChI=1S/C26H38BrN5O7/c1-14(2)19(30-23(35)38-7)22(34)28-13-26-10-16(32(17(26)11-26)24(36)39-25(3,4)5)21(33)31-20-15(12-37-6)8-9-18(27)29-20/h8-9,14,16-17,19H,10-13H2,1-7H3,(H,28,34)(H,30,35)(H,29,31,33)/t16-,17+,19?,26-/m0/s1. The third-order valence-corrected chi connectivity index (χ3v) is 7.28. The van der Waals surface area contributed by atoms with E-state index in [9.17, 15) is 19.2 Å². The van der Waals surface area contributed by atoms with Crippen molar-refractivity contribution < 1.29 is 33.4 Å². The molecule has 3 N–H and O–H groups in total. The second-order valence-electron chi connectivity index (χ2n) is 11.3. The van der Waals surface area contributed by atoms with Gasteiger partial charge in [-0.05, 0) is 61.5 Å². The number of rotatable bonds is 9. The van der Waals surface area contributed by atoms with Gasteiger partial charge >= 0.3 is 12.2 Å². The first-order chi connectivity index (χ1) is 18.2. The lowest BCUT2D eigenvalue weighted by molar-refractivity contribution is -0.124. The molecule has 3 rings (SSSR count). The molecule has 1 aliphatic heterocycles. The molecule has 1 saturated carbocycles. The van der Waals surface area contributed by atoms with E-state index in [0.29, 0.717) is 28.8 Å². The highest BCUT2D eigenvalue weighted by Crippen LogP contribution is 2.59. The Kier molecular flexibility index (Phi) is 9.47. The number of nitrogens with one attached hydrogen (secondary N) is 3. The number of alkyl carbamates (subject to hydrolysis) is 1. The van der Waals surface area contributed by atoms with Gasteiger partial charge in [-0.3, -0.25) is 14.5 Å². The second-order valence-corrected chi connectivity index (χ2v) is 12.1.